The molecule has 0 aliphatic heterocycles. The van der Waals surface area contributed by atoms with Gasteiger partial charge in [0.25, 0.3) is 0 Å². The number of aromatic nitrogens is 1. The Morgan fingerprint density at radius 2 is 1.82 bits per heavy atom. The fourth-order valence-electron chi connectivity index (χ4n) is 1.72. The minimum absolute atomic E-state index is 0.445. The Labute approximate surface area is 102 Å². The third-order valence-electron chi connectivity index (χ3n) is 2.73. The number of pyridine rings is 1. The Morgan fingerprint density at radius 1 is 1.06 bits per heavy atom. The predicted molar refractivity (Wildman–Crippen MR) is 70.3 cm³/mol. The molecule has 2 rings (SSSR count). The zero-order valence-corrected chi connectivity index (χ0v) is 10.5. The van der Waals surface area contributed by atoms with Gasteiger partial charge in [-0.3, -0.25) is 4.98 Å². The van der Waals surface area contributed by atoms with Crippen LogP contribution in [-0.2, 0) is 0 Å². The molecule has 88 valence electrons. The van der Waals surface area contributed by atoms with Crippen molar-refractivity contribution in [3.8, 4) is 17.0 Å². The second-order valence-electron chi connectivity index (χ2n) is 4.33. The molecule has 1 aromatic heterocycles. The molecular weight excluding hydrogens is 210 g/mol. The first-order chi connectivity index (χ1) is 8.20. The summed E-state index contributed by atoms with van der Waals surface area (Å²) >= 11 is 0. The maximum atomic E-state index is 5.23. The highest BCUT2D eigenvalue weighted by molar-refractivity contribution is 5.61. The van der Waals surface area contributed by atoms with E-state index in [9.17, 15) is 0 Å². The van der Waals surface area contributed by atoms with Gasteiger partial charge < -0.3 is 4.74 Å². The normalized spacial score (nSPS) is 10.6. The quantitative estimate of drug-likeness (QED) is 0.793. The summed E-state index contributed by atoms with van der Waals surface area (Å²) in [7, 11) is 1.68. The summed E-state index contributed by atoms with van der Waals surface area (Å²) in [6, 6.07) is 14.1. The second-order valence-corrected chi connectivity index (χ2v) is 4.33. The molecule has 2 aromatic rings. The number of ether oxygens (including phenoxy) is 1. The van der Waals surface area contributed by atoms with E-state index in [1.54, 1.807) is 7.11 Å². The topological polar surface area (TPSA) is 22.1 Å². The van der Waals surface area contributed by atoms with E-state index in [1.807, 2.05) is 24.3 Å². The molecule has 0 bridgehead atoms. The average molecular weight is 227 g/mol. The number of nitrogens with zero attached hydrogens (tertiary/aromatic N) is 1. The monoisotopic (exact) mass is 227 g/mol. The fourth-order valence-corrected chi connectivity index (χ4v) is 1.72. The van der Waals surface area contributed by atoms with Crippen LogP contribution in [0.5, 0.6) is 5.75 Å². The van der Waals surface area contributed by atoms with Gasteiger partial charge in [0.2, 0.25) is 0 Å². The largest absolute Gasteiger partial charge is 0.497 e. The summed E-state index contributed by atoms with van der Waals surface area (Å²) < 4.78 is 5.23. The Morgan fingerprint density at radius 3 is 2.53 bits per heavy atom. The minimum atomic E-state index is 0.445. The third-order valence-corrected chi connectivity index (χ3v) is 2.73. The second kappa shape index (κ2) is 5.00. The third kappa shape index (κ3) is 2.64. The number of hydrogen-bond donors (Lipinski definition) is 0. The maximum absolute atomic E-state index is 5.23. The fraction of sp³-hybridized carbons (Fsp3) is 0.267. The molecule has 0 fully saturated rings. The molecule has 1 aromatic carbocycles. The molecular formula is C15H17NO. The van der Waals surface area contributed by atoms with Gasteiger partial charge in [-0.25, -0.2) is 0 Å². The van der Waals surface area contributed by atoms with E-state index in [2.05, 4.69) is 37.0 Å². The standard InChI is InChI=1S/C15H17NO/c1-11(2)14-8-5-9-15(16-14)12-6-4-7-13(10-12)17-3/h4-11H,1-3H3. The number of methoxy groups -OCH3 is 1. The Kier molecular flexibility index (Phi) is 3.43. The van der Waals surface area contributed by atoms with Crippen molar-refractivity contribution in [1.29, 1.82) is 0 Å². The van der Waals surface area contributed by atoms with E-state index in [-0.39, 0.29) is 0 Å². The summed E-state index contributed by atoms with van der Waals surface area (Å²) in [5.41, 5.74) is 3.20. The van der Waals surface area contributed by atoms with Gasteiger partial charge in [0.1, 0.15) is 5.75 Å². The summed E-state index contributed by atoms with van der Waals surface area (Å²) in [5, 5.41) is 0. The van der Waals surface area contributed by atoms with Crippen molar-refractivity contribution in [1.82, 2.24) is 4.98 Å². The lowest BCUT2D eigenvalue weighted by atomic mass is 10.1. The predicted octanol–water partition coefficient (Wildman–Crippen LogP) is 3.88. The van der Waals surface area contributed by atoms with Crippen molar-refractivity contribution in [2.24, 2.45) is 0 Å². The highest BCUT2D eigenvalue weighted by Gasteiger charge is 2.04. The van der Waals surface area contributed by atoms with Crippen molar-refractivity contribution in [2.45, 2.75) is 19.8 Å². The Bertz CT molecular complexity index is 506. The van der Waals surface area contributed by atoms with E-state index in [0.29, 0.717) is 5.92 Å². The summed E-state index contributed by atoms with van der Waals surface area (Å²) in [5.74, 6) is 1.31. The number of benzene rings is 1. The van der Waals surface area contributed by atoms with Crippen molar-refractivity contribution >= 4 is 0 Å². The molecule has 17 heavy (non-hydrogen) atoms. The minimum Gasteiger partial charge on any atom is -0.497 e. The van der Waals surface area contributed by atoms with Crippen molar-refractivity contribution in [3.05, 3.63) is 48.2 Å². The summed E-state index contributed by atoms with van der Waals surface area (Å²) in [4.78, 5) is 4.66. The number of hydrogen-bond acceptors (Lipinski definition) is 2. The molecule has 0 radical (unpaired) electrons. The van der Waals surface area contributed by atoms with Gasteiger partial charge in [-0.2, -0.15) is 0 Å². The smallest absolute Gasteiger partial charge is 0.119 e. The first-order valence-electron chi connectivity index (χ1n) is 5.82. The molecule has 0 amide bonds. The van der Waals surface area contributed by atoms with Crippen LogP contribution in [0.25, 0.3) is 11.3 Å². The summed E-state index contributed by atoms with van der Waals surface area (Å²) in [6.45, 7) is 4.30. The molecule has 0 aliphatic rings. The molecule has 1 heterocycles. The van der Waals surface area contributed by atoms with Crippen LogP contribution in [0, 0.1) is 0 Å². The van der Waals surface area contributed by atoms with Gasteiger partial charge in [0.05, 0.1) is 12.8 Å². The van der Waals surface area contributed by atoms with Gasteiger partial charge in [-0.05, 0) is 30.2 Å². The first-order valence-corrected chi connectivity index (χ1v) is 5.82. The lowest BCUT2D eigenvalue weighted by molar-refractivity contribution is 0.415. The zero-order chi connectivity index (χ0) is 12.3. The van der Waals surface area contributed by atoms with Crippen molar-refractivity contribution in [2.75, 3.05) is 7.11 Å². The Balaban J connectivity index is 2.41. The van der Waals surface area contributed by atoms with E-state index >= 15 is 0 Å². The zero-order valence-electron chi connectivity index (χ0n) is 10.5. The van der Waals surface area contributed by atoms with Gasteiger partial charge in [-0.15, -0.1) is 0 Å². The van der Waals surface area contributed by atoms with Crippen molar-refractivity contribution in [3.63, 3.8) is 0 Å². The molecule has 0 atom stereocenters. The highest BCUT2D eigenvalue weighted by atomic mass is 16.5. The van der Waals surface area contributed by atoms with Crippen LogP contribution < -0.4 is 4.74 Å². The Hall–Kier alpha value is -1.83. The van der Waals surface area contributed by atoms with Gasteiger partial charge >= 0.3 is 0 Å². The molecule has 0 saturated carbocycles. The van der Waals surface area contributed by atoms with Crippen LogP contribution in [0.15, 0.2) is 42.5 Å². The average Bonchev–Trinajstić information content (AvgIpc) is 2.39. The highest BCUT2D eigenvalue weighted by Crippen LogP contribution is 2.23. The number of rotatable bonds is 3. The summed E-state index contributed by atoms with van der Waals surface area (Å²) in [6.07, 6.45) is 0. The van der Waals surface area contributed by atoms with Crippen LogP contribution >= 0.6 is 0 Å². The van der Waals surface area contributed by atoms with Crippen LogP contribution in [0.2, 0.25) is 0 Å². The molecule has 0 aliphatic carbocycles. The van der Waals surface area contributed by atoms with Gasteiger partial charge in [0, 0.05) is 11.3 Å². The maximum Gasteiger partial charge on any atom is 0.119 e. The lowest BCUT2D eigenvalue weighted by Crippen LogP contribution is -1.94. The van der Waals surface area contributed by atoms with Crippen LogP contribution in [-0.4, -0.2) is 12.1 Å². The molecule has 0 saturated heterocycles. The van der Waals surface area contributed by atoms with E-state index < -0.39 is 0 Å². The van der Waals surface area contributed by atoms with Crippen molar-refractivity contribution < 1.29 is 4.74 Å². The molecule has 0 unspecified atom stereocenters. The molecule has 0 N–H and O–H groups in total. The van der Waals surface area contributed by atoms with E-state index in [4.69, 9.17) is 4.74 Å². The molecule has 0 spiro atoms. The first kappa shape index (κ1) is 11.6. The van der Waals surface area contributed by atoms with E-state index in [0.717, 1.165) is 22.7 Å². The van der Waals surface area contributed by atoms with Crippen LogP contribution in [0.4, 0.5) is 0 Å². The molecule has 2 heteroatoms. The van der Waals surface area contributed by atoms with Gasteiger partial charge in [-0.1, -0.05) is 32.0 Å². The molecule has 2 nitrogen and oxygen atoms in total. The van der Waals surface area contributed by atoms with Crippen LogP contribution in [0.1, 0.15) is 25.5 Å². The lowest BCUT2D eigenvalue weighted by Gasteiger charge is -2.08. The SMILES string of the molecule is COc1cccc(-c2cccc(C(C)C)n2)c1. The van der Waals surface area contributed by atoms with E-state index in [1.165, 1.54) is 0 Å². The van der Waals surface area contributed by atoms with Gasteiger partial charge in [0.15, 0.2) is 0 Å². The van der Waals surface area contributed by atoms with Crippen LogP contribution in [0.3, 0.4) is 0 Å².